The van der Waals surface area contributed by atoms with E-state index in [0.717, 1.165) is 10.1 Å². The number of hydrogen-bond donors (Lipinski definition) is 1. The molecular weight excluding hydrogens is 266 g/mol. The number of nitrogens with one attached hydrogen (secondary N) is 1. The molecule has 1 heterocycles. The number of aromatic amines is 1. The summed E-state index contributed by atoms with van der Waals surface area (Å²) in [6, 6.07) is 8.68. The van der Waals surface area contributed by atoms with Gasteiger partial charge < -0.3 is 0 Å². The Morgan fingerprint density at radius 3 is 2.53 bits per heavy atom. The molecule has 1 aromatic heterocycles. The number of hydrogen-bond acceptors (Lipinski definition) is 3. The van der Waals surface area contributed by atoms with Crippen molar-refractivity contribution in [3.8, 4) is 6.07 Å². The molecule has 5 nitrogen and oxygen atoms in total. The fourth-order valence-corrected chi connectivity index (χ4v) is 1.82. The van der Waals surface area contributed by atoms with E-state index < -0.39 is 11.2 Å². The lowest BCUT2D eigenvalue weighted by Crippen LogP contribution is -2.36. The molecule has 0 unspecified atom stereocenters. The van der Waals surface area contributed by atoms with Gasteiger partial charge in [0.25, 0.3) is 5.56 Å². The molecule has 6 heteroatoms. The minimum Gasteiger partial charge on any atom is -0.297 e. The first-order valence-electron chi connectivity index (χ1n) is 5.51. The smallest absolute Gasteiger partial charge is 0.297 e. The Morgan fingerprint density at radius 1 is 1.32 bits per heavy atom. The van der Waals surface area contributed by atoms with Crippen LogP contribution in [0.5, 0.6) is 0 Å². The van der Waals surface area contributed by atoms with Crippen LogP contribution in [-0.2, 0) is 6.54 Å². The molecule has 19 heavy (non-hydrogen) atoms. The van der Waals surface area contributed by atoms with Crippen LogP contribution in [0.25, 0.3) is 0 Å². The summed E-state index contributed by atoms with van der Waals surface area (Å²) in [5.74, 6) is 0. The van der Waals surface area contributed by atoms with E-state index in [1.165, 1.54) is 0 Å². The maximum absolute atomic E-state index is 11.9. The lowest BCUT2D eigenvalue weighted by Gasteiger charge is -2.06. The molecule has 0 bridgehead atoms. The third-order valence-electron chi connectivity index (χ3n) is 2.78. The summed E-state index contributed by atoms with van der Waals surface area (Å²) in [6.45, 7) is 1.69. The van der Waals surface area contributed by atoms with Gasteiger partial charge in [-0.1, -0.05) is 23.7 Å². The summed E-state index contributed by atoms with van der Waals surface area (Å²) in [5.41, 5.74) is 0.614. The van der Waals surface area contributed by atoms with Gasteiger partial charge in [-0.2, -0.15) is 5.26 Å². The molecule has 0 aliphatic heterocycles. The van der Waals surface area contributed by atoms with Crippen LogP contribution in [0.1, 0.15) is 16.7 Å². The summed E-state index contributed by atoms with van der Waals surface area (Å²) in [7, 11) is 0. The van der Waals surface area contributed by atoms with Gasteiger partial charge >= 0.3 is 5.69 Å². The summed E-state index contributed by atoms with van der Waals surface area (Å²) >= 11 is 5.73. The van der Waals surface area contributed by atoms with E-state index in [1.807, 2.05) is 6.07 Å². The van der Waals surface area contributed by atoms with Gasteiger partial charge in [-0.15, -0.1) is 0 Å². The van der Waals surface area contributed by atoms with E-state index in [9.17, 15) is 9.59 Å². The molecule has 1 N–H and O–H groups in total. The van der Waals surface area contributed by atoms with Crippen LogP contribution < -0.4 is 11.2 Å². The normalized spacial score (nSPS) is 10.2. The maximum atomic E-state index is 11.9. The average Bonchev–Trinajstić information content (AvgIpc) is 2.42. The largest absolute Gasteiger partial charge is 0.329 e. The molecule has 0 spiro atoms. The molecule has 0 aliphatic carbocycles. The Balaban J connectivity index is 2.44. The second-order valence-electron chi connectivity index (χ2n) is 4.07. The molecule has 0 saturated heterocycles. The standard InChI is InChI=1S/C13H10ClN3O2/c1-8-11(14)16-13(19)17(12(8)18)7-10-4-2-9(6-15)3-5-10/h2-5H,7H2,1H3,(H,16,19). The summed E-state index contributed by atoms with van der Waals surface area (Å²) < 4.78 is 1.07. The van der Waals surface area contributed by atoms with E-state index in [2.05, 4.69) is 4.98 Å². The number of nitriles is 1. The van der Waals surface area contributed by atoms with Crippen molar-refractivity contribution >= 4 is 11.6 Å². The molecule has 96 valence electrons. The Kier molecular flexibility index (Phi) is 3.54. The zero-order valence-electron chi connectivity index (χ0n) is 10.1. The van der Waals surface area contributed by atoms with Crippen molar-refractivity contribution in [3.05, 3.63) is 66.9 Å². The zero-order chi connectivity index (χ0) is 14.0. The highest BCUT2D eigenvalue weighted by Crippen LogP contribution is 2.06. The lowest BCUT2D eigenvalue weighted by atomic mass is 10.1. The minimum absolute atomic E-state index is 0.0612. The third kappa shape index (κ3) is 2.59. The molecule has 0 atom stereocenters. The van der Waals surface area contributed by atoms with Crippen LogP contribution in [0.15, 0.2) is 33.9 Å². The van der Waals surface area contributed by atoms with Crippen LogP contribution in [0.2, 0.25) is 5.15 Å². The van der Waals surface area contributed by atoms with Gasteiger partial charge in [0.05, 0.1) is 18.2 Å². The van der Waals surface area contributed by atoms with Gasteiger partial charge in [0, 0.05) is 5.56 Å². The van der Waals surface area contributed by atoms with E-state index in [1.54, 1.807) is 31.2 Å². The van der Waals surface area contributed by atoms with Gasteiger partial charge in [-0.25, -0.2) is 4.79 Å². The third-order valence-corrected chi connectivity index (χ3v) is 3.16. The highest BCUT2D eigenvalue weighted by molar-refractivity contribution is 6.30. The summed E-state index contributed by atoms with van der Waals surface area (Å²) in [5, 5.41) is 8.76. The number of nitrogens with zero attached hydrogens (tertiary/aromatic N) is 2. The van der Waals surface area contributed by atoms with Crippen LogP contribution in [-0.4, -0.2) is 9.55 Å². The number of halogens is 1. The molecular formula is C13H10ClN3O2. The molecule has 0 radical (unpaired) electrons. The van der Waals surface area contributed by atoms with E-state index in [0.29, 0.717) is 11.1 Å². The number of benzene rings is 1. The topological polar surface area (TPSA) is 78.7 Å². The molecule has 0 saturated carbocycles. The Morgan fingerprint density at radius 2 is 1.95 bits per heavy atom. The predicted molar refractivity (Wildman–Crippen MR) is 71.3 cm³/mol. The van der Waals surface area contributed by atoms with Crippen LogP contribution >= 0.6 is 11.6 Å². The fourth-order valence-electron chi connectivity index (χ4n) is 1.65. The summed E-state index contributed by atoms with van der Waals surface area (Å²) in [6.07, 6.45) is 0. The first-order chi connectivity index (χ1) is 9.02. The molecule has 2 rings (SSSR count). The van der Waals surface area contributed by atoms with E-state index in [4.69, 9.17) is 16.9 Å². The molecule has 0 amide bonds. The van der Waals surface area contributed by atoms with Gasteiger partial charge in [0.15, 0.2) is 0 Å². The van der Waals surface area contributed by atoms with Crippen molar-refractivity contribution in [2.45, 2.75) is 13.5 Å². The fraction of sp³-hybridized carbons (Fsp3) is 0.154. The monoisotopic (exact) mass is 275 g/mol. The van der Waals surface area contributed by atoms with Crippen molar-refractivity contribution in [3.63, 3.8) is 0 Å². The van der Waals surface area contributed by atoms with Crippen molar-refractivity contribution < 1.29 is 0 Å². The van der Waals surface area contributed by atoms with Crippen molar-refractivity contribution in [1.82, 2.24) is 9.55 Å². The maximum Gasteiger partial charge on any atom is 0.329 e. The summed E-state index contributed by atoms with van der Waals surface area (Å²) in [4.78, 5) is 26.1. The van der Waals surface area contributed by atoms with E-state index >= 15 is 0 Å². The molecule has 0 fully saturated rings. The van der Waals surface area contributed by atoms with Crippen LogP contribution in [0.4, 0.5) is 0 Å². The average molecular weight is 276 g/mol. The lowest BCUT2D eigenvalue weighted by molar-refractivity contribution is 0.692. The van der Waals surface area contributed by atoms with Gasteiger partial charge in [-0.05, 0) is 24.6 Å². The number of H-pyrrole nitrogens is 1. The van der Waals surface area contributed by atoms with Crippen molar-refractivity contribution in [2.24, 2.45) is 0 Å². The van der Waals surface area contributed by atoms with Crippen LogP contribution in [0, 0.1) is 18.3 Å². The Labute approximate surface area is 113 Å². The molecule has 0 aliphatic rings. The van der Waals surface area contributed by atoms with Crippen LogP contribution in [0.3, 0.4) is 0 Å². The van der Waals surface area contributed by atoms with Gasteiger partial charge in [0.1, 0.15) is 5.15 Å². The molecule has 2 aromatic rings. The quantitative estimate of drug-likeness (QED) is 0.842. The van der Waals surface area contributed by atoms with Gasteiger partial charge in [0.2, 0.25) is 0 Å². The Bertz CT molecular complexity index is 766. The second-order valence-corrected chi connectivity index (χ2v) is 4.45. The number of aromatic nitrogens is 2. The highest BCUT2D eigenvalue weighted by atomic mass is 35.5. The highest BCUT2D eigenvalue weighted by Gasteiger charge is 2.09. The minimum atomic E-state index is -0.551. The Hall–Kier alpha value is -2.32. The van der Waals surface area contributed by atoms with Crippen molar-refractivity contribution in [2.75, 3.05) is 0 Å². The van der Waals surface area contributed by atoms with Crippen molar-refractivity contribution in [1.29, 1.82) is 5.26 Å². The first-order valence-corrected chi connectivity index (χ1v) is 5.89. The zero-order valence-corrected chi connectivity index (χ0v) is 10.9. The predicted octanol–water partition coefficient (Wildman–Crippen LogP) is 1.42. The second kappa shape index (κ2) is 5.12. The first kappa shape index (κ1) is 13.1. The van der Waals surface area contributed by atoms with Gasteiger partial charge in [-0.3, -0.25) is 14.3 Å². The van der Waals surface area contributed by atoms with E-state index in [-0.39, 0.29) is 11.7 Å². The SMILES string of the molecule is Cc1c(Cl)[nH]c(=O)n(Cc2ccc(C#N)cc2)c1=O. The molecule has 1 aromatic carbocycles. The number of rotatable bonds is 2.